The monoisotopic (exact) mass is 572 g/mol. The number of ketones is 3. The van der Waals surface area contributed by atoms with Gasteiger partial charge in [-0.1, -0.05) is 34.1 Å². The molecule has 0 unspecified atom stereocenters. The molecule has 1 atom stereocenters. The highest BCUT2D eigenvalue weighted by atomic mass is 16.5. The second-order valence-electron chi connectivity index (χ2n) is 10.7. The van der Waals surface area contributed by atoms with Crippen LogP contribution in [-0.2, 0) is 42.9 Å². The van der Waals surface area contributed by atoms with E-state index in [1.807, 2.05) is 27.7 Å². The van der Waals surface area contributed by atoms with Gasteiger partial charge in [-0.3, -0.25) is 24.0 Å². The summed E-state index contributed by atoms with van der Waals surface area (Å²) < 4.78 is 21.2. The zero-order valence-electron chi connectivity index (χ0n) is 25.3. The minimum absolute atomic E-state index is 0.0279. The summed E-state index contributed by atoms with van der Waals surface area (Å²) >= 11 is 0. The first-order valence-electron chi connectivity index (χ1n) is 14.4. The predicted octanol–water partition coefficient (Wildman–Crippen LogP) is 2.43. The van der Waals surface area contributed by atoms with Gasteiger partial charge in [-0.05, 0) is 26.2 Å². The quantitative estimate of drug-likeness (QED) is 0.149. The largest absolute Gasteiger partial charge is 0.379 e. The topological polar surface area (TPSA) is 146 Å². The third kappa shape index (κ3) is 22.6. The lowest BCUT2D eigenvalue weighted by Crippen LogP contribution is -2.31. The number of carbonyl (C=O) groups is 5. The molecule has 11 nitrogen and oxygen atoms in total. The van der Waals surface area contributed by atoms with Gasteiger partial charge in [0.1, 0.15) is 30.6 Å². The fourth-order valence-corrected chi connectivity index (χ4v) is 3.40. The number of hydrogen-bond donors (Lipinski definition) is 2. The maximum absolute atomic E-state index is 12.2. The van der Waals surface area contributed by atoms with Crippen molar-refractivity contribution in [3.05, 3.63) is 0 Å². The molecule has 232 valence electrons. The van der Waals surface area contributed by atoms with Crippen LogP contribution in [0.5, 0.6) is 0 Å². The number of unbranched alkanes of at least 4 members (excludes halogenated alkanes) is 1. The maximum atomic E-state index is 12.2. The number of hydrogen-bond acceptors (Lipinski definition) is 9. The van der Waals surface area contributed by atoms with Gasteiger partial charge in [0.25, 0.3) is 0 Å². The molecule has 0 aromatic rings. The van der Waals surface area contributed by atoms with Crippen LogP contribution in [0.4, 0.5) is 0 Å². The second-order valence-corrected chi connectivity index (χ2v) is 10.7. The van der Waals surface area contributed by atoms with Gasteiger partial charge in [0.2, 0.25) is 11.8 Å². The predicted molar refractivity (Wildman–Crippen MR) is 151 cm³/mol. The van der Waals surface area contributed by atoms with E-state index in [0.717, 1.165) is 12.8 Å². The molecule has 0 aromatic heterocycles. The molecular weight excluding hydrogens is 520 g/mol. The van der Waals surface area contributed by atoms with Crippen molar-refractivity contribution in [2.24, 2.45) is 11.3 Å². The van der Waals surface area contributed by atoms with Crippen LogP contribution < -0.4 is 10.6 Å². The third-order valence-electron chi connectivity index (χ3n) is 6.06. The summed E-state index contributed by atoms with van der Waals surface area (Å²) in [5, 5.41) is 5.45. The first-order chi connectivity index (χ1) is 19.0. The molecular formula is C29H52N2O9. The molecule has 0 rings (SSSR count). The van der Waals surface area contributed by atoms with E-state index >= 15 is 0 Å². The Labute approximate surface area is 239 Å². The van der Waals surface area contributed by atoms with Crippen molar-refractivity contribution >= 4 is 29.2 Å². The lowest BCUT2D eigenvalue weighted by molar-refractivity contribution is -0.131. The summed E-state index contributed by atoms with van der Waals surface area (Å²) in [5.74, 6) is -0.402. The van der Waals surface area contributed by atoms with Gasteiger partial charge in [0, 0.05) is 50.3 Å². The molecule has 0 aliphatic carbocycles. The van der Waals surface area contributed by atoms with Gasteiger partial charge in [0.15, 0.2) is 0 Å². The normalized spacial score (nSPS) is 12.1. The summed E-state index contributed by atoms with van der Waals surface area (Å²) in [5.41, 5.74) is -0.451. The smallest absolute Gasteiger partial charge is 0.246 e. The van der Waals surface area contributed by atoms with Crippen LogP contribution in [0.15, 0.2) is 0 Å². The SMILES string of the molecule is CCC(=O)CCCOCCOCC(=O)NCCOCCOCC(=O)NCCCC[C@H](CC(=O)C(C)(C)C)C(C)=O. The highest BCUT2D eigenvalue weighted by Gasteiger charge is 2.26. The molecule has 0 heterocycles. The third-order valence-corrected chi connectivity index (χ3v) is 6.06. The second kappa shape index (κ2) is 23.5. The number of Topliss-reactive ketones (excluding diaryl/α,β-unsaturated/α-hetero) is 3. The van der Waals surface area contributed by atoms with E-state index in [0.29, 0.717) is 71.8 Å². The van der Waals surface area contributed by atoms with Crippen molar-refractivity contribution in [2.75, 3.05) is 65.9 Å². The highest BCUT2D eigenvalue weighted by Crippen LogP contribution is 2.23. The zero-order valence-corrected chi connectivity index (χ0v) is 25.3. The average molecular weight is 573 g/mol. The van der Waals surface area contributed by atoms with Gasteiger partial charge in [-0.15, -0.1) is 0 Å². The Bertz CT molecular complexity index is 750. The first-order valence-corrected chi connectivity index (χ1v) is 14.4. The lowest BCUT2D eigenvalue weighted by atomic mass is 9.82. The molecule has 0 aliphatic rings. The van der Waals surface area contributed by atoms with E-state index in [1.54, 1.807) is 0 Å². The average Bonchev–Trinajstić information content (AvgIpc) is 2.89. The molecule has 0 aliphatic heterocycles. The summed E-state index contributed by atoms with van der Waals surface area (Å²) in [7, 11) is 0. The standard InChI is InChI=1S/C29H52N2O9/c1-6-25(33)11-9-14-37-16-18-39-22-28(36)31-13-15-38-17-19-40-21-27(35)30-12-8-7-10-24(23(2)32)20-26(34)29(3,4)5/h24H,6-22H2,1-5H3,(H,30,35)(H,31,36)/t24-/m1/s1. The number of nitrogens with one attached hydrogen (secondary N) is 2. The molecule has 0 spiro atoms. The Balaban J connectivity index is 3.59. The van der Waals surface area contributed by atoms with Gasteiger partial charge in [-0.25, -0.2) is 0 Å². The number of ether oxygens (including phenoxy) is 4. The fourth-order valence-electron chi connectivity index (χ4n) is 3.40. The van der Waals surface area contributed by atoms with Crippen molar-refractivity contribution < 1.29 is 42.9 Å². The molecule has 0 radical (unpaired) electrons. The molecule has 0 bridgehead atoms. The summed E-state index contributed by atoms with van der Waals surface area (Å²) in [4.78, 5) is 58.8. The zero-order chi connectivity index (χ0) is 30.2. The molecule has 2 N–H and O–H groups in total. The van der Waals surface area contributed by atoms with E-state index in [4.69, 9.17) is 18.9 Å². The van der Waals surface area contributed by atoms with Crippen LogP contribution >= 0.6 is 0 Å². The molecule has 0 aromatic carbocycles. The van der Waals surface area contributed by atoms with E-state index < -0.39 is 5.41 Å². The molecule has 0 saturated carbocycles. The Morgan fingerprint density at radius 2 is 1.25 bits per heavy atom. The van der Waals surface area contributed by atoms with Gasteiger partial charge < -0.3 is 29.6 Å². The summed E-state index contributed by atoms with van der Waals surface area (Å²) in [6, 6.07) is 0. The highest BCUT2D eigenvalue weighted by molar-refractivity contribution is 5.89. The number of rotatable bonds is 26. The van der Waals surface area contributed by atoms with Gasteiger partial charge in [0.05, 0.1) is 33.0 Å². The summed E-state index contributed by atoms with van der Waals surface area (Å²) in [6.45, 7) is 11.6. The van der Waals surface area contributed by atoms with E-state index in [-0.39, 0.29) is 61.3 Å². The minimum Gasteiger partial charge on any atom is -0.379 e. The van der Waals surface area contributed by atoms with Crippen molar-refractivity contribution in [3.63, 3.8) is 0 Å². The lowest BCUT2D eigenvalue weighted by Gasteiger charge is -2.20. The fraction of sp³-hybridized carbons (Fsp3) is 0.828. The minimum atomic E-state index is -0.451. The Hall–Kier alpha value is -2.21. The Kier molecular flexibility index (Phi) is 22.2. The first kappa shape index (κ1) is 37.8. The molecule has 40 heavy (non-hydrogen) atoms. The van der Waals surface area contributed by atoms with Crippen molar-refractivity contribution in [1.82, 2.24) is 10.6 Å². The van der Waals surface area contributed by atoms with Crippen molar-refractivity contribution in [2.45, 2.75) is 79.6 Å². The molecule has 0 fully saturated rings. The van der Waals surface area contributed by atoms with E-state index in [1.165, 1.54) is 6.92 Å². The number of amides is 2. The van der Waals surface area contributed by atoms with E-state index in [2.05, 4.69) is 10.6 Å². The molecule has 0 saturated heterocycles. The van der Waals surface area contributed by atoms with Crippen LogP contribution in [0.3, 0.4) is 0 Å². The van der Waals surface area contributed by atoms with E-state index in [9.17, 15) is 24.0 Å². The Morgan fingerprint density at radius 3 is 1.80 bits per heavy atom. The van der Waals surface area contributed by atoms with Crippen LogP contribution in [0.25, 0.3) is 0 Å². The van der Waals surface area contributed by atoms with Crippen LogP contribution in [0, 0.1) is 11.3 Å². The van der Waals surface area contributed by atoms with Gasteiger partial charge >= 0.3 is 0 Å². The van der Waals surface area contributed by atoms with Crippen LogP contribution in [0.1, 0.15) is 79.6 Å². The van der Waals surface area contributed by atoms with Gasteiger partial charge in [-0.2, -0.15) is 0 Å². The Morgan fingerprint density at radius 1 is 0.700 bits per heavy atom. The van der Waals surface area contributed by atoms with Crippen LogP contribution in [0.2, 0.25) is 0 Å². The molecule has 2 amide bonds. The van der Waals surface area contributed by atoms with Crippen molar-refractivity contribution in [1.29, 1.82) is 0 Å². The maximum Gasteiger partial charge on any atom is 0.246 e. The van der Waals surface area contributed by atoms with Crippen molar-refractivity contribution in [3.8, 4) is 0 Å². The van der Waals surface area contributed by atoms with Crippen LogP contribution in [-0.4, -0.2) is 95.1 Å². The summed E-state index contributed by atoms with van der Waals surface area (Å²) in [6.07, 6.45) is 4.13. The molecule has 11 heteroatoms. The number of carbonyl (C=O) groups excluding carboxylic acids is 5.